The van der Waals surface area contributed by atoms with E-state index in [4.69, 9.17) is 5.73 Å². The van der Waals surface area contributed by atoms with Crippen LogP contribution in [-0.4, -0.2) is 16.4 Å². The van der Waals surface area contributed by atoms with E-state index in [0.29, 0.717) is 5.56 Å². The van der Waals surface area contributed by atoms with Gasteiger partial charge >= 0.3 is 0 Å². The van der Waals surface area contributed by atoms with Gasteiger partial charge in [0.1, 0.15) is 6.04 Å². The van der Waals surface area contributed by atoms with Crippen LogP contribution in [0.3, 0.4) is 0 Å². The van der Waals surface area contributed by atoms with Crippen LogP contribution in [-0.2, 0) is 16.0 Å². The van der Waals surface area contributed by atoms with Crippen LogP contribution in [0.25, 0.3) is 5.69 Å². The zero-order chi connectivity index (χ0) is 17.6. The lowest BCUT2D eigenvalue weighted by molar-refractivity contribution is -0.127. The molecule has 0 bridgehead atoms. The van der Waals surface area contributed by atoms with Gasteiger partial charge in [0.15, 0.2) is 0 Å². The number of hydrogen-bond acceptors (Lipinski definition) is 2. The van der Waals surface area contributed by atoms with Crippen molar-refractivity contribution in [1.29, 1.82) is 0 Å². The number of hydrogen-bond donors (Lipinski definition) is 2. The van der Waals surface area contributed by atoms with Gasteiger partial charge in [0.05, 0.1) is 6.42 Å². The third-order valence-electron chi connectivity index (χ3n) is 3.93. The third kappa shape index (κ3) is 4.14. The predicted octanol–water partition coefficient (Wildman–Crippen LogP) is 2.36. The Bertz CT molecular complexity index is 840. The average molecular weight is 333 g/mol. The minimum Gasteiger partial charge on any atom is -0.368 e. The molecule has 0 aliphatic carbocycles. The van der Waals surface area contributed by atoms with E-state index in [2.05, 4.69) is 5.32 Å². The summed E-state index contributed by atoms with van der Waals surface area (Å²) in [6.07, 6.45) is 4.10. The van der Waals surface area contributed by atoms with E-state index in [1.54, 1.807) is 24.3 Å². The summed E-state index contributed by atoms with van der Waals surface area (Å²) in [4.78, 5) is 24.0. The highest BCUT2D eigenvalue weighted by molar-refractivity contribution is 5.88. The lowest BCUT2D eigenvalue weighted by Gasteiger charge is -2.16. The second-order valence-corrected chi connectivity index (χ2v) is 5.75. The molecule has 3 rings (SSSR count). The molecule has 0 spiro atoms. The van der Waals surface area contributed by atoms with Crippen molar-refractivity contribution in [1.82, 2.24) is 9.88 Å². The highest BCUT2D eigenvalue weighted by Gasteiger charge is 2.19. The lowest BCUT2D eigenvalue weighted by Crippen LogP contribution is -2.38. The zero-order valence-corrected chi connectivity index (χ0v) is 13.6. The molecule has 0 saturated carbocycles. The van der Waals surface area contributed by atoms with Gasteiger partial charge in [0.25, 0.3) is 0 Å². The molecule has 0 aliphatic heterocycles. The maximum absolute atomic E-state index is 12.3. The summed E-state index contributed by atoms with van der Waals surface area (Å²) in [5.74, 6) is -0.830. The van der Waals surface area contributed by atoms with Gasteiger partial charge in [-0.25, -0.2) is 0 Å². The molecule has 0 aliphatic rings. The zero-order valence-electron chi connectivity index (χ0n) is 13.6. The third-order valence-corrected chi connectivity index (χ3v) is 3.93. The van der Waals surface area contributed by atoms with E-state index >= 15 is 0 Å². The van der Waals surface area contributed by atoms with Gasteiger partial charge in [-0.2, -0.15) is 0 Å². The highest BCUT2D eigenvalue weighted by Crippen LogP contribution is 2.14. The lowest BCUT2D eigenvalue weighted by atomic mass is 10.1. The van der Waals surface area contributed by atoms with Crippen LogP contribution in [0.2, 0.25) is 0 Å². The number of carbonyl (C=O) groups is 2. The molecule has 0 unspecified atom stereocenters. The molecular formula is C20H19N3O2. The van der Waals surface area contributed by atoms with Crippen molar-refractivity contribution in [2.75, 3.05) is 0 Å². The molecule has 1 aromatic heterocycles. The van der Waals surface area contributed by atoms with Crippen molar-refractivity contribution in [3.8, 4) is 5.69 Å². The normalized spacial score (nSPS) is 11.7. The summed E-state index contributed by atoms with van der Waals surface area (Å²) in [6, 6.07) is 19.8. The largest absolute Gasteiger partial charge is 0.368 e. The van der Waals surface area contributed by atoms with Crippen molar-refractivity contribution < 1.29 is 9.59 Å². The summed E-state index contributed by atoms with van der Waals surface area (Å²) in [6.45, 7) is 0. The minimum absolute atomic E-state index is 0.183. The van der Waals surface area contributed by atoms with Gasteiger partial charge < -0.3 is 15.6 Å². The molecule has 0 fully saturated rings. The van der Waals surface area contributed by atoms with Crippen molar-refractivity contribution in [2.45, 2.75) is 12.5 Å². The minimum atomic E-state index is -0.826. The van der Waals surface area contributed by atoms with Gasteiger partial charge in [0.2, 0.25) is 11.8 Å². The number of nitrogens with zero attached hydrogens (tertiary/aromatic N) is 1. The van der Waals surface area contributed by atoms with Gasteiger partial charge in [-0.1, -0.05) is 42.5 Å². The molecule has 126 valence electrons. The molecule has 5 heteroatoms. The topological polar surface area (TPSA) is 77.1 Å². The number of benzene rings is 2. The second-order valence-electron chi connectivity index (χ2n) is 5.75. The molecule has 1 atom stereocenters. The maximum Gasteiger partial charge on any atom is 0.244 e. The molecule has 3 N–H and O–H groups in total. The van der Waals surface area contributed by atoms with Gasteiger partial charge in [-0.3, -0.25) is 9.59 Å². The quantitative estimate of drug-likeness (QED) is 0.726. The number of nitrogens with two attached hydrogens (primary N) is 1. The van der Waals surface area contributed by atoms with Gasteiger partial charge in [-0.05, 0) is 35.4 Å². The van der Waals surface area contributed by atoms with Crippen LogP contribution < -0.4 is 11.1 Å². The monoisotopic (exact) mass is 333 g/mol. The van der Waals surface area contributed by atoms with E-state index in [1.807, 2.05) is 59.4 Å². The SMILES string of the molecule is NC(=O)[C@@H](NC(=O)Cc1ccc(-n2cccc2)cc1)c1ccccc1. The smallest absolute Gasteiger partial charge is 0.244 e. The molecule has 1 heterocycles. The van der Waals surface area contributed by atoms with Crippen molar-refractivity contribution in [3.05, 3.63) is 90.3 Å². The van der Waals surface area contributed by atoms with Crippen LogP contribution in [0.15, 0.2) is 79.1 Å². The number of amides is 2. The van der Waals surface area contributed by atoms with Crippen LogP contribution in [0.5, 0.6) is 0 Å². The summed E-state index contributed by atoms with van der Waals surface area (Å²) in [5.41, 5.74) is 7.99. The number of nitrogens with one attached hydrogen (secondary N) is 1. The molecule has 2 amide bonds. The fraction of sp³-hybridized carbons (Fsp3) is 0.100. The number of aromatic nitrogens is 1. The molecule has 0 saturated heterocycles. The number of rotatable bonds is 6. The van der Waals surface area contributed by atoms with E-state index in [-0.39, 0.29) is 12.3 Å². The highest BCUT2D eigenvalue weighted by atomic mass is 16.2. The first kappa shape index (κ1) is 16.5. The predicted molar refractivity (Wildman–Crippen MR) is 96.0 cm³/mol. The second kappa shape index (κ2) is 7.49. The first-order valence-electron chi connectivity index (χ1n) is 7.99. The molecule has 0 radical (unpaired) electrons. The summed E-state index contributed by atoms with van der Waals surface area (Å²) in [7, 11) is 0. The molecular weight excluding hydrogens is 314 g/mol. The first-order valence-corrected chi connectivity index (χ1v) is 7.99. The van der Waals surface area contributed by atoms with Crippen molar-refractivity contribution in [2.24, 2.45) is 5.73 Å². The van der Waals surface area contributed by atoms with E-state index in [1.165, 1.54) is 0 Å². The molecule has 3 aromatic rings. The standard InChI is InChI=1S/C20H19N3O2/c21-20(25)19(16-6-2-1-3-7-16)22-18(24)14-15-8-10-17(11-9-15)23-12-4-5-13-23/h1-13,19H,14H2,(H2,21,25)(H,22,24)/t19-/m0/s1. The van der Waals surface area contributed by atoms with Crippen LogP contribution >= 0.6 is 0 Å². The van der Waals surface area contributed by atoms with Gasteiger partial charge in [0, 0.05) is 18.1 Å². The summed E-state index contributed by atoms with van der Waals surface area (Å²) >= 11 is 0. The van der Waals surface area contributed by atoms with Crippen LogP contribution in [0, 0.1) is 0 Å². The fourth-order valence-electron chi connectivity index (χ4n) is 2.65. The van der Waals surface area contributed by atoms with Crippen molar-refractivity contribution >= 4 is 11.8 Å². The Labute approximate surface area is 146 Å². The Kier molecular flexibility index (Phi) is 4.95. The van der Waals surface area contributed by atoms with Crippen molar-refractivity contribution in [3.63, 3.8) is 0 Å². The maximum atomic E-state index is 12.3. The van der Waals surface area contributed by atoms with E-state index < -0.39 is 11.9 Å². The molecule has 5 nitrogen and oxygen atoms in total. The summed E-state index contributed by atoms with van der Waals surface area (Å²) in [5, 5.41) is 2.70. The Balaban J connectivity index is 1.66. The Morgan fingerprint density at radius 3 is 2.16 bits per heavy atom. The average Bonchev–Trinajstić information content (AvgIpc) is 3.15. The molecule has 2 aromatic carbocycles. The Hall–Kier alpha value is -3.34. The fourth-order valence-corrected chi connectivity index (χ4v) is 2.65. The van der Waals surface area contributed by atoms with Crippen LogP contribution in [0.4, 0.5) is 0 Å². The molecule has 25 heavy (non-hydrogen) atoms. The number of primary amides is 1. The Morgan fingerprint density at radius 2 is 1.56 bits per heavy atom. The van der Waals surface area contributed by atoms with Crippen LogP contribution in [0.1, 0.15) is 17.2 Å². The van der Waals surface area contributed by atoms with E-state index in [0.717, 1.165) is 11.3 Å². The summed E-state index contributed by atoms with van der Waals surface area (Å²) < 4.78 is 1.99. The van der Waals surface area contributed by atoms with Gasteiger partial charge in [-0.15, -0.1) is 0 Å². The van der Waals surface area contributed by atoms with E-state index in [9.17, 15) is 9.59 Å². The first-order chi connectivity index (χ1) is 12.1. The Morgan fingerprint density at radius 1 is 0.920 bits per heavy atom. The number of carbonyl (C=O) groups excluding carboxylic acids is 2.